The summed E-state index contributed by atoms with van der Waals surface area (Å²) in [5, 5.41) is 9.59. The molecule has 1 fully saturated rings. The van der Waals surface area contributed by atoms with Gasteiger partial charge in [0.05, 0.1) is 6.10 Å². The van der Waals surface area contributed by atoms with Crippen LogP contribution in [-0.4, -0.2) is 17.8 Å². The van der Waals surface area contributed by atoms with Gasteiger partial charge in [-0.2, -0.15) is 0 Å². The fourth-order valence-corrected chi connectivity index (χ4v) is 2.14. The molecule has 2 nitrogen and oxygen atoms in total. The molecule has 1 aliphatic rings. The topological polar surface area (TPSA) is 46.2 Å². The van der Waals surface area contributed by atoms with E-state index in [0.717, 1.165) is 24.7 Å². The van der Waals surface area contributed by atoms with Gasteiger partial charge in [0, 0.05) is 0 Å². The highest BCUT2D eigenvalue weighted by Crippen LogP contribution is 2.33. The second-order valence-corrected chi connectivity index (χ2v) is 4.38. The van der Waals surface area contributed by atoms with Crippen LogP contribution in [0.2, 0.25) is 0 Å². The van der Waals surface area contributed by atoms with Crippen LogP contribution in [0.1, 0.15) is 33.1 Å². The van der Waals surface area contributed by atoms with Crippen LogP contribution in [0.15, 0.2) is 0 Å². The van der Waals surface area contributed by atoms with Crippen molar-refractivity contribution < 1.29 is 5.11 Å². The smallest absolute Gasteiger partial charge is 0.0580 e. The Kier molecular flexibility index (Phi) is 3.53. The summed E-state index contributed by atoms with van der Waals surface area (Å²) in [6.07, 6.45) is 3.11. The van der Waals surface area contributed by atoms with Crippen molar-refractivity contribution >= 4 is 0 Å². The lowest BCUT2D eigenvalue weighted by molar-refractivity contribution is 0.0419. The Morgan fingerprint density at radius 3 is 2.58 bits per heavy atom. The van der Waals surface area contributed by atoms with Gasteiger partial charge < -0.3 is 10.8 Å². The number of nitrogens with two attached hydrogens (primary N) is 1. The second-order valence-electron chi connectivity index (χ2n) is 4.38. The summed E-state index contributed by atoms with van der Waals surface area (Å²) in [5.74, 6) is 1.87. The number of rotatable bonds is 2. The Hall–Kier alpha value is -0.0800. The van der Waals surface area contributed by atoms with E-state index in [1.807, 2.05) is 0 Å². The highest BCUT2D eigenvalue weighted by atomic mass is 16.3. The lowest BCUT2D eigenvalue weighted by Gasteiger charge is -2.34. The maximum atomic E-state index is 9.59. The SMILES string of the molecule is CC(C)C1CCC(O)C(CN)C1. The van der Waals surface area contributed by atoms with Crippen LogP contribution >= 0.6 is 0 Å². The number of aliphatic hydroxyl groups is 1. The van der Waals surface area contributed by atoms with Crippen molar-refractivity contribution in [2.75, 3.05) is 6.54 Å². The molecule has 0 amide bonds. The van der Waals surface area contributed by atoms with Gasteiger partial charge in [0.15, 0.2) is 0 Å². The van der Waals surface area contributed by atoms with E-state index >= 15 is 0 Å². The fourth-order valence-electron chi connectivity index (χ4n) is 2.14. The molecule has 0 spiro atoms. The maximum Gasteiger partial charge on any atom is 0.0580 e. The minimum absolute atomic E-state index is 0.134. The lowest BCUT2D eigenvalue weighted by Crippen LogP contribution is -2.35. The molecule has 1 aliphatic carbocycles. The molecule has 0 radical (unpaired) electrons. The molecular formula is C10H21NO. The Balaban J connectivity index is 2.44. The summed E-state index contributed by atoms with van der Waals surface area (Å²) in [6.45, 7) is 5.16. The molecule has 1 rings (SSSR count). The molecule has 3 atom stereocenters. The normalized spacial score (nSPS) is 37.2. The van der Waals surface area contributed by atoms with Crippen molar-refractivity contribution in [2.24, 2.45) is 23.5 Å². The van der Waals surface area contributed by atoms with Gasteiger partial charge in [-0.1, -0.05) is 13.8 Å². The molecule has 0 aromatic carbocycles. The van der Waals surface area contributed by atoms with Crippen molar-refractivity contribution in [3.63, 3.8) is 0 Å². The standard InChI is InChI=1S/C10H21NO/c1-7(2)8-3-4-10(12)9(5-8)6-11/h7-10,12H,3-6,11H2,1-2H3. The summed E-state index contributed by atoms with van der Waals surface area (Å²) in [5.41, 5.74) is 5.60. The van der Waals surface area contributed by atoms with Crippen molar-refractivity contribution in [3.8, 4) is 0 Å². The predicted octanol–water partition coefficient (Wildman–Crippen LogP) is 1.38. The van der Waals surface area contributed by atoms with Crippen molar-refractivity contribution in [1.29, 1.82) is 0 Å². The highest BCUT2D eigenvalue weighted by Gasteiger charge is 2.29. The Labute approximate surface area is 75.2 Å². The van der Waals surface area contributed by atoms with Crippen molar-refractivity contribution in [1.82, 2.24) is 0 Å². The average molecular weight is 171 g/mol. The van der Waals surface area contributed by atoms with Crippen LogP contribution in [0.25, 0.3) is 0 Å². The molecule has 0 bridgehead atoms. The van der Waals surface area contributed by atoms with Crippen LogP contribution in [0.4, 0.5) is 0 Å². The van der Waals surface area contributed by atoms with Crippen LogP contribution in [0.5, 0.6) is 0 Å². The molecule has 0 aromatic rings. The molecule has 0 aromatic heterocycles. The van der Waals surface area contributed by atoms with Gasteiger partial charge in [-0.3, -0.25) is 0 Å². The molecule has 2 heteroatoms. The molecule has 1 saturated carbocycles. The number of aliphatic hydroxyl groups excluding tert-OH is 1. The first kappa shape index (κ1) is 10.0. The first-order valence-electron chi connectivity index (χ1n) is 5.03. The van der Waals surface area contributed by atoms with Crippen LogP contribution < -0.4 is 5.73 Å². The van der Waals surface area contributed by atoms with Gasteiger partial charge in [0.1, 0.15) is 0 Å². The Bertz CT molecular complexity index is 136. The van der Waals surface area contributed by atoms with Crippen molar-refractivity contribution in [3.05, 3.63) is 0 Å². The number of hydrogen-bond acceptors (Lipinski definition) is 2. The van der Waals surface area contributed by atoms with E-state index < -0.39 is 0 Å². The number of hydrogen-bond donors (Lipinski definition) is 2. The Morgan fingerprint density at radius 1 is 1.42 bits per heavy atom. The molecule has 0 aliphatic heterocycles. The largest absolute Gasteiger partial charge is 0.393 e. The quantitative estimate of drug-likeness (QED) is 0.659. The summed E-state index contributed by atoms with van der Waals surface area (Å²) in [6, 6.07) is 0. The van der Waals surface area contributed by atoms with E-state index in [1.165, 1.54) is 6.42 Å². The van der Waals surface area contributed by atoms with Crippen LogP contribution in [-0.2, 0) is 0 Å². The predicted molar refractivity (Wildman–Crippen MR) is 50.7 cm³/mol. The van der Waals surface area contributed by atoms with E-state index in [4.69, 9.17) is 5.73 Å². The summed E-state index contributed by atoms with van der Waals surface area (Å²) in [4.78, 5) is 0. The molecule has 0 saturated heterocycles. The molecule has 72 valence electrons. The third-order valence-corrected chi connectivity index (χ3v) is 3.23. The lowest BCUT2D eigenvalue weighted by atomic mass is 9.75. The van der Waals surface area contributed by atoms with Gasteiger partial charge in [-0.05, 0) is 43.6 Å². The van der Waals surface area contributed by atoms with Gasteiger partial charge in [0.25, 0.3) is 0 Å². The zero-order chi connectivity index (χ0) is 9.14. The molecule has 3 unspecified atom stereocenters. The minimum Gasteiger partial charge on any atom is -0.393 e. The van der Waals surface area contributed by atoms with Crippen molar-refractivity contribution in [2.45, 2.75) is 39.2 Å². The zero-order valence-electron chi connectivity index (χ0n) is 8.16. The summed E-state index contributed by atoms with van der Waals surface area (Å²) < 4.78 is 0. The van der Waals surface area contributed by atoms with Gasteiger partial charge in [-0.15, -0.1) is 0 Å². The summed E-state index contributed by atoms with van der Waals surface area (Å²) in [7, 11) is 0. The first-order valence-corrected chi connectivity index (χ1v) is 5.03. The molecule has 0 heterocycles. The summed E-state index contributed by atoms with van der Waals surface area (Å²) >= 11 is 0. The second kappa shape index (κ2) is 4.24. The third kappa shape index (κ3) is 2.20. The van der Waals surface area contributed by atoms with E-state index in [0.29, 0.717) is 12.5 Å². The van der Waals surface area contributed by atoms with E-state index in [-0.39, 0.29) is 6.10 Å². The monoisotopic (exact) mass is 171 g/mol. The fraction of sp³-hybridized carbons (Fsp3) is 1.00. The molecule has 3 N–H and O–H groups in total. The molecular weight excluding hydrogens is 150 g/mol. The van der Waals surface area contributed by atoms with E-state index in [9.17, 15) is 5.11 Å². The van der Waals surface area contributed by atoms with Crippen LogP contribution in [0.3, 0.4) is 0 Å². The first-order chi connectivity index (χ1) is 5.65. The van der Waals surface area contributed by atoms with Gasteiger partial charge in [0.2, 0.25) is 0 Å². The highest BCUT2D eigenvalue weighted by molar-refractivity contribution is 4.81. The minimum atomic E-state index is -0.134. The average Bonchev–Trinajstić information content (AvgIpc) is 2.05. The van der Waals surface area contributed by atoms with Gasteiger partial charge >= 0.3 is 0 Å². The third-order valence-electron chi connectivity index (χ3n) is 3.23. The Morgan fingerprint density at radius 2 is 2.08 bits per heavy atom. The van der Waals surface area contributed by atoms with E-state index in [1.54, 1.807) is 0 Å². The molecule has 12 heavy (non-hydrogen) atoms. The zero-order valence-corrected chi connectivity index (χ0v) is 8.16. The van der Waals surface area contributed by atoms with Crippen LogP contribution in [0, 0.1) is 17.8 Å². The maximum absolute atomic E-state index is 9.59. The van der Waals surface area contributed by atoms with E-state index in [2.05, 4.69) is 13.8 Å². The van der Waals surface area contributed by atoms with Gasteiger partial charge in [-0.25, -0.2) is 0 Å².